The minimum Gasteiger partial charge on any atom is -0.410 e. The number of fused-ring (bicyclic) bond motifs is 1. The maximum Gasteiger partial charge on any atom is 0.414 e. The number of nitrogens with one attached hydrogen (secondary N) is 1. The van der Waals surface area contributed by atoms with Crippen molar-refractivity contribution in [3.63, 3.8) is 0 Å². The average molecular weight is 289 g/mol. The van der Waals surface area contributed by atoms with Crippen LogP contribution in [-0.4, -0.2) is 45.1 Å². The van der Waals surface area contributed by atoms with Gasteiger partial charge in [0.05, 0.1) is 0 Å². The van der Waals surface area contributed by atoms with Crippen LogP contribution in [0.4, 0.5) is 10.5 Å². The number of benzene rings is 1. The van der Waals surface area contributed by atoms with Crippen molar-refractivity contribution in [1.82, 2.24) is 10.2 Å². The number of amides is 2. The molecule has 6 nitrogen and oxygen atoms in total. The second kappa shape index (κ2) is 5.87. The Morgan fingerprint density at radius 2 is 2.05 bits per heavy atom. The number of ether oxygens (including phenoxy) is 1. The van der Waals surface area contributed by atoms with E-state index in [1.165, 1.54) is 4.90 Å². The topological polar surface area (TPSA) is 61.9 Å². The predicted octanol–water partition coefficient (Wildman–Crippen LogP) is 1.37. The van der Waals surface area contributed by atoms with Gasteiger partial charge in [-0.15, -0.1) is 0 Å². The second-order valence-electron chi connectivity index (χ2n) is 5.04. The number of carbonyl (C=O) groups is 2. The number of likely N-dealkylation sites (N-methyl/N-ethyl adjacent to an activating group) is 1. The van der Waals surface area contributed by atoms with Gasteiger partial charge in [0.15, 0.2) is 0 Å². The largest absolute Gasteiger partial charge is 0.414 e. The van der Waals surface area contributed by atoms with Crippen LogP contribution in [0.1, 0.15) is 5.56 Å². The minimum atomic E-state index is -0.443. The molecular weight excluding hydrogens is 270 g/mol. The highest BCUT2D eigenvalue weighted by Crippen LogP contribution is 2.35. The van der Waals surface area contributed by atoms with Gasteiger partial charge in [-0.1, -0.05) is 6.07 Å². The fraction of sp³-hybridized carbons (Fsp3) is 0.333. The lowest BCUT2D eigenvalue weighted by atomic mass is 9.98. The molecule has 1 aromatic carbocycles. The van der Waals surface area contributed by atoms with Crippen LogP contribution in [-0.2, 0) is 11.2 Å². The SMILES string of the molecule is CNC(=O)C1=CN(C)c2cccc(OC(=O)N(C)C)c2C1. The molecule has 0 radical (unpaired) electrons. The summed E-state index contributed by atoms with van der Waals surface area (Å²) in [5.74, 6) is 0.341. The van der Waals surface area contributed by atoms with E-state index in [4.69, 9.17) is 4.74 Å². The van der Waals surface area contributed by atoms with Crippen molar-refractivity contribution < 1.29 is 14.3 Å². The molecule has 21 heavy (non-hydrogen) atoms. The smallest absolute Gasteiger partial charge is 0.410 e. The highest BCUT2D eigenvalue weighted by Gasteiger charge is 2.23. The van der Waals surface area contributed by atoms with Crippen molar-refractivity contribution in [2.45, 2.75) is 6.42 Å². The number of anilines is 1. The number of carbonyl (C=O) groups excluding carboxylic acids is 2. The molecule has 0 aliphatic carbocycles. The molecule has 1 N–H and O–H groups in total. The zero-order valence-electron chi connectivity index (χ0n) is 12.6. The third-order valence-electron chi connectivity index (χ3n) is 3.29. The van der Waals surface area contributed by atoms with Crippen molar-refractivity contribution in [2.24, 2.45) is 0 Å². The van der Waals surface area contributed by atoms with E-state index >= 15 is 0 Å². The summed E-state index contributed by atoms with van der Waals surface area (Å²) < 4.78 is 5.39. The molecule has 0 bridgehead atoms. The summed E-state index contributed by atoms with van der Waals surface area (Å²) in [5, 5.41) is 2.61. The molecule has 6 heteroatoms. The molecule has 1 heterocycles. The van der Waals surface area contributed by atoms with Gasteiger partial charge >= 0.3 is 6.09 Å². The van der Waals surface area contributed by atoms with Gasteiger partial charge in [-0.3, -0.25) is 4.79 Å². The predicted molar refractivity (Wildman–Crippen MR) is 80.4 cm³/mol. The molecule has 0 atom stereocenters. The molecule has 1 aliphatic rings. The molecule has 0 fully saturated rings. The van der Waals surface area contributed by atoms with Gasteiger partial charge in [0.1, 0.15) is 5.75 Å². The van der Waals surface area contributed by atoms with Crippen molar-refractivity contribution in [3.05, 3.63) is 35.5 Å². The summed E-state index contributed by atoms with van der Waals surface area (Å²) in [5.41, 5.74) is 2.38. The molecule has 2 rings (SSSR count). The monoisotopic (exact) mass is 289 g/mol. The van der Waals surface area contributed by atoms with Gasteiger partial charge in [-0.25, -0.2) is 4.79 Å². The van der Waals surface area contributed by atoms with Crippen molar-refractivity contribution >= 4 is 17.7 Å². The third kappa shape index (κ3) is 2.99. The van der Waals surface area contributed by atoms with Crippen LogP contribution >= 0.6 is 0 Å². The van der Waals surface area contributed by atoms with Crippen LogP contribution in [0.25, 0.3) is 0 Å². The number of hydrogen-bond donors (Lipinski definition) is 1. The first-order valence-electron chi connectivity index (χ1n) is 6.60. The van der Waals surface area contributed by atoms with Gasteiger partial charge in [-0.05, 0) is 12.1 Å². The molecule has 0 aromatic heterocycles. The fourth-order valence-corrected chi connectivity index (χ4v) is 2.18. The molecule has 0 unspecified atom stereocenters. The summed E-state index contributed by atoms with van der Waals surface area (Å²) in [6.45, 7) is 0. The highest BCUT2D eigenvalue weighted by atomic mass is 16.6. The quantitative estimate of drug-likeness (QED) is 0.893. The number of nitrogens with zero attached hydrogens (tertiary/aromatic N) is 2. The Bertz CT molecular complexity index is 608. The molecule has 0 saturated heterocycles. The van der Waals surface area contributed by atoms with Crippen LogP contribution in [0.2, 0.25) is 0 Å². The third-order valence-corrected chi connectivity index (χ3v) is 3.29. The molecule has 0 spiro atoms. The minimum absolute atomic E-state index is 0.138. The summed E-state index contributed by atoms with van der Waals surface area (Å²) in [6.07, 6.45) is 1.77. The summed E-state index contributed by atoms with van der Waals surface area (Å²) >= 11 is 0. The highest BCUT2D eigenvalue weighted by molar-refractivity contribution is 5.95. The van der Waals surface area contributed by atoms with E-state index in [1.54, 1.807) is 33.4 Å². The fourth-order valence-electron chi connectivity index (χ4n) is 2.18. The van der Waals surface area contributed by atoms with Crippen LogP contribution in [0.5, 0.6) is 5.75 Å². The van der Waals surface area contributed by atoms with Crippen LogP contribution in [0, 0.1) is 0 Å². The van der Waals surface area contributed by atoms with Crippen molar-refractivity contribution in [3.8, 4) is 5.75 Å². The van der Waals surface area contributed by atoms with Gasteiger partial charge in [-0.2, -0.15) is 0 Å². The molecule has 0 saturated carbocycles. The normalized spacial score (nSPS) is 13.1. The molecule has 112 valence electrons. The van der Waals surface area contributed by atoms with Gasteiger partial charge in [0.2, 0.25) is 5.91 Å². The lowest BCUT2D eigenvalue weighted by Crippen LogP contribution is -2.29. The van der Waals surface area contributed by atoms with Crippen LogP contribution in [0.3, 0.4) is 0 Å². The first kappa shape index (κ1) is 14.9. The first-order chi connectivity index (χ1) is 9.93. The molecule has 1 aliphatic heterocycles. The van der Waals surface area contributed by atoms with Gasteiger partial charge in [0.25, 0.3) is 0 Å². The maximum absolute atomic E-state index is 11.8. The molecule has 2 amide bonds. The van der Waals surface area contributed by atoms with E-state index < -0.39 is 6.09 Å². The van der Waals surface area contributed by atoms with Crippen molar-refractivity contribution in [1.29, 1.82) is 0 Å². The zero-order chi connectivity index (χ0) is 15.6. The van der Waals surface area contributed by atoms with E-state index in [1.807, 2.05) is 24.1 Å². The van der Waals surface area contributed by atoms with E-state index in [0.717, 1.165) is 11.3 Å². The lowest BCUT2D eigenvalue weighted by Gasteiger charge is -2.27. The average Bonchev–Trinajstić information content (AvgIpc) is 2.46. The standard InChI is InChI=1S/C15H19N3O3/c1-16-14(19)10-8-11-12(18(4)9-10)6-5-7-13(11)21-15(20)17(2)3/h5-7,9H,8H2,1-4H3,(H,16,19). The van der Waals surface area contributed by atoms with E-state index in [2.05, 4.69) is 5.32 Å². The zero-order valence-corrected chi connectivity index (χ0v) is 12.6. The Hall–Kier alpha value is -2.50. The summed E-state index contributed by atoms with van der Waals surface area (Å²) in [4.78, 5) is 26.8. The van der Waals surface area contributed by atoms with Crippen molar-refractivity contribution in [2.75, 3.05) is 33.1 Å². The first-order valence-corrected chi connectivity index (χ1v) is 6.60. The number of rotatable bonds is 2. The van der Waals surface area contributed by atoms with Gasteiger partial charge < -0.3 is 19.9 Å². The second-order valence-corrected chi connectivity index (χ2v) is 5.04. The molecule has 1 aromatic rings. The Labute approximate surface area is 124 Å². The Balaban J connectivity index is 2.37. The Kier molecular flexibility index (Phi) is 4.16. The molecular formula is C15H19N3O3. The number of hydrogen-bond acceptors (Lipinski definition) is 4. The van der Waals surface area contributed by atoms with E-state index in [9.17, 15) is 9.59 Å². The van der Waals surface area contributed by atoms with Crippen LogP contribution < -0.4 is 15.0 Å². The van der Waals surface area contributed by atoms with Gasteiger partial charge in [0, 0.05) is 57.6 Å². The van der Waals surface area contributed by atoms with E-state index in [-0.39, 0.29) is 5.91 Å². The lowest BCUT2D eigenvalue weighted by molar-refractivity contribution is -0.117. The van der Waals surface area contributed by atoms with E-state index in [0.29, 0.717) is 17.7 Å². The Morgan fingerprint density at radius 1 is 1.33 bits per heavy atom. The summed E-state index contributed by atoms with van der Waals surface area (Å²) in [7, 11) is 6.70. The Morgan fingerprint density at radius 3 is 2.67 bits per heavy atom. The van der Waals surface area contributed by atoms with Crippen LogP contribution in [0.15, 0.2) is 30.0 Å². The summed E-state index contributed by atoms with van der Waals surface area (Å²) in [6, 6.07) is 5.49. The maximum atomic E-state index is 11.8.